The fourth-order valence-corrected chi connectivity index (χ4v) is 9.04. The minimum absolute atomic E-state index is 0.0864. The van der Waals surface area contributed by atoms with Crippen molar-refractivity contribution in [2.45, 2.75) is 53.4 Å². The van der Waals surface area contributed by atoms with Crippen LogP contribution in [-0.2, 0) is 11.8 Å². The van der Waals surface area contributed by atoms with Gasteiger partial charge in [0.25, 0.3) is 0 Å². The van der Waals surface area contributed by atoms with Gasteiger partial charge in [0, 0.05) is 29.9 Å². The first-order valence-electron chi connectivity index (χ1n) is 12.0. The van der Waals surface area contributed by atoms with E-state index in [1.807, 2.05) is 34.0 Å². The van der Waals surface area contributed by atoms with Crippen molar-refractivity contribution in [1.29, 1.82) is 0 Å². The summed E-state index contributed by atoms with van der Waals surface area (Å²) in [5.41, 5.74) is 6.60. The predicted octanol–water partition coefficient (Wildman–Crippen LogP) is 9.36. The van der Waals surface area contributed by atoms with Crippen molar-refractivity contribution in [1.82, 2.24) is 0 Å². The summed E-state index contributed by atoms with van der Waals surface area (Å²) in [5.74, 6) is 0.666. The number of hydrogen-bond acceptors (Lipinski definition) is 5. The molecule has 174 valence electrons. The standard InChI is InChI=1S/C29H30N2S3/c1-15(2)11-22-16(3)19-7-8-21-23(27(19)34-22)25-28(33-21)24(30-14-31-25)18-12-17-9-10-32-26(17)20(13-18)29(4,5)6/h7-10,12-13,15,31H,11,14H2,1-6H3. The van der Waals surface area contributed by atoms with Crippen LogP contribution >= 0.6 is 34.0 Å². The highest BCUT2D eigenvalue weighted by atomic mass is 32.1. The van der Waals surface area contributed by atoms with E-state index in [0.29, 0.717) is 12.6 Å². The third-order valence-corrected chi connectivity index (χ3v) is 10.3. The van der Waals surface area contributed by atoms with Crippen molar-refractivity contribution >= 4 is 75.7 Å². The van der Waals surface area contributed by atoms with Crippen LogP contribution in [0.25, 0.3) is 30.3 Å². The Morgan fingerprint density at radius 2 is 1.88 bits per heavy atom. The molecule has 0 aliphatic carbocycles. The Kier molecular flexibility index (Phi) is 5.18. The molecule has 4 heterocycles. The summed E-state index contributed by atoms with van der Waals surface area (Å²) < 4.78 is 4.18. The summed E-state index contributed by atoms with van der Waals surface area (Å²) in [4.78, 5) is 7.82. The third-order valence-electron chi connectivity index (χ3n) is 6.79. The molecule has 2 aromatic carbocycles. The Hall–Kier alpha value is -2.21. The Morgan fingerprint density at radius 3 is 2.65 bits per heavy atom. The van der Waals surface area contributed by atoms with Crippen LogP contribution in [0.1, 0.15) is 61.1 Å². The van der Waals surface area contributed by atoms with Crippen molar-refractivity contribution in [3.8, 4) is 0 Å². The second-order valence-electron chi connectivity index (χ2n) is 10.8. The maximum Gasteiger partial charge on any atom is 0.108 e. The number of nitrogens with zero attached hydrogens (tertiary/aromatic N) is 1. The quantitative estimate of drug-likeness (QED) is 0.261. The number of nitrogens with one attached hydrogen (secondary N) is 1. The normalized spacial score (nSPS) is 14.3. The van der Waals surface area contributed by atoms with Crippen LogP contribution in [0.4, 0.5) is 5.69 Å². The van der Waals surface area contributed by atoms with Crippen molar-refractivity contribution in [3.63, 3.8) is 0 Å². The molecule has 0 bridgehead atoms. The fraction of sp³-hybridized carbons (Fsp3) is 0.345. The summed E-state index contributed by atoms with van der Waals surface area (Å²) in [6, 6.07) is 11.6. The van der Waals surface area contributed by atoms with Gasteiger partial charge in [-0.15, -0.1) is 34.0 Å². The highest BCUT2D eigenvalue weighted by Gasteiger charge is 2.26. The molecular formula is C29H30N2S3. The molecule has 0 atom stereocenters. The average molecular weight is 503 g/mol. The summed E-state index contributed by atoms with van der Waals surface area (Å²) >= 11 is 5.72. The van der Waals surface area contributed by atoms with Crippen LogP contribution in [0.3, 0.4) is 0 Å². The fourth-order valence-electron chi connectivity index (χ4n) is 5.08. The number of thiophene rings is 3. The molecule has 1 aliphatic rings. The zero-order valence-corrected chi connectivity index (χ0v) is 23.1. The molecule has 34 heavy (non-hydrogen) atoms. The smallest absolute Gasteiger partial charge is 0.108 e. The Balaban J connectivity index is 1.57. The number of aliphatic imine (C=N–C) groups is 1. The summed E-state index contributed by atoms with van der Waals surface area (Å²) in [7, 11) is 0. The second kappa shape index (κ2) is 7.91. The maximum atomic E-state index is 5.02. The molecule has 5 aromatic rings. The molecule has 1 N–H and O–H groups in total. The first-order chi connectivity index (χ1) is 16.2. The molecule has 6 rings (SSSR count). The minimum Gasteiger partial charge on any atom is -0.364 e. The lowest BCUT2D eigenvalue weighted by molar-refractivity contribution is 0.596. The van der Waals surface area contributed by atoms with Crippen LogP contribution in [0.2, 0.25) is 0 Å². The maximum absolute atomic E-state index is 5.02. The SMILES string of the molecule is Cc1c(CC(C)C)sc2c1ccc1sc3c(c12)NCN=C3c1cc(C(C)(C)C)c2sccc2c1. The summed E-state index contributed by atoms with van der Waals surface area (Å²) in [6.45, 7) is 14.5. The van der Waals surface area contributed by atoms with E-state index in [9.17, 15) is 0 Å². The molecule has 1 aliphatic heterocycles. The minimum atomic E-state index is 0.0864. The molecule has 0 saturated heterocycles. The van der Waals surface area contributed by atoms with Crippen molar-refractivity contribution in [3.05, 3.63) is 62.2 Å². The first-order valence-corrected chi connectivity index (χ1v) is 14.5. The van der Waals surface area contributed by atoms with E-state index in [1.165, 1.54) is 62.4 Å². The Morgan fingerprint density at radius 1 is 1.06 bits per heavy atom. The predicted molar refractivity (Wildman–Crippen MR) is 155 cm³/mol. The van der Waals surface area contributed by atoms with E-state index in [-0.39, 0.29) is 5.41 Å². The Labute approximate surface area is 213 Å². The van der Waals surface area contributed by atoms with Crippen molar-refractivity contribution < 1.29 is 0 Å². The van der Waals surface area contributed by atoms with Crippen LogP contribution in [0, 0.1) is 12.8 Å². The lowest BCUT2D eigenvalue weighted by atomic mass is 9.84. The molecule has 0 amide bonds. The second-order valence-corrected chi connectivity index (χ2v) is 13.9. The average Bonchev–Trinajstić information content (AvgIpc) is 3.47. The van der Waals surface area contributed by atoms with Gasteiger partial charge in [-0.25, -0.2) is 0 Å². The number of hydrogen-bond donors (Lipinski definition) is 1. The number of rotatable bonds is 3. The van der Waals surface area contributed by atoms with Gasteiger partial charge in [0.1, 0.15) is 6.67 Å². The largest absolute Gasteiger partial charge is 0.364 e. The number of aryl methyl sites for hydroxylation is 1. The summed E-state index contributed by atoms with van der Waals surface area (Å²) in [6.07, 6.45) is 1.15. The van der Waals surface area contributed by atoms with E-state index in [4.69, 9.17) is 4.99 Å². The molecule has 5 heteroatoms. The van der Waals surface area contributed by atoms with Crippen LogP contribution in [0.15, 0.2) is 40.7 Å². The molecular weight excluding hydrogens is 473 g/mol. The third kappa shape index (κ3) is 3.43. The summed E-state index contributed by atoms with van der Waals surface area (Å²) in [5, 5.41) is 9.99. The molecule has 0 unspecified atom stereocenters. The van der Waals surface area contributed by atoms with E-state index in [1.54, 1.807) is 0 Å². The Bertz CT molecular complexity index is 1600. The van der Waals surface area contributed by atoms with E-state index >= 15 is 0 Å². The van der Waals surface area contributed by atoms with Gasteiger partial charge in [0.05, 0.1) is 16.3 Å². The van der Waals surface area contributed by atoms with Crippen LogP contribution in [-0.4, -0.2) is 12.4 Å². The van der Waals surface area contributed by atoms with Gasteiger partial charge >= 0.3 is 0 Å². The van der Waals surface area contributed by atoms with Crippen molar-refractivity contribution in [2.75, 3.05) is 12.0 Å². The van der Waals surface area contributed by atoms with Gasteiger partial charge in [-0.3, -0.25) is 4.99 Å². The molecule has 0 saturated carbocycles. The zero-order valence-electron chi connectivity index (χ0n) is 20.6. The highest BCUT2D eigenvalue weighted by Crippen LogP contribution is 2.47. The number of anilines is 1. The molecule has 0 radical (unpaired) electrons. The molecule has 3 aromatic heterocycles. The monoisotopic (exact) mass is 502 g/mol. The highest BCUT2D eigenvalue weighted by molar-refractivity contribution is 7.24. The van der Waals surface area contributed by atoms with Crippen LogP contribution < -0.4 is 5.32 Å². The van der Waals surface area contributed by atoms with Gasteiger partial charge in [-0.05, 0) is 76.2 Å². The van der Waals surface area contributed by atoms with Gasteiger partial charge < -0.3 is 5.32 Å². The first kappa shape index (κ1) is 22.3. The van der Waals surface area contributed by atoms with E-state index in [0.717, 1.165) is 12.1 Å². The topological polar surface area (TPSA) is 24.4 Å². The lowest BCUT2D eigenvalue weighted by Crippen LogP contribution is -2.17. The zero-order chi connectivity index (χ0) is 23.8. The lowest BCUT2D eigenvalue weighted by Gasteiger charge is -2.22. The van der Waals surface area contributed by atoms with Crippen LogP contribution in [0.5, 0.6) is 0 Å². The van der Waals surface area contributed by atoms with E-state index in [2.05, 4.69) is 82.6 Å². The van der Waals surface area contributed by atoms with Crippen molar-refractivity contribution in [2.24, 2.45) is 10.9 Å². The number of benzene rings is 2. The van der Waals surface area contributed by atoms with Gasteiger partial charge in [0.2, 0.25) is 0 Å². The van der Waals surface area contributed by atoms with E-state index < -0.39 is 0 Å². The molecule has 0 fully saturated rings. The van der Waals surface area contributed by atoms with Gasteiger partial charge in [0.15, 0.2) is 0 Å². The van der Waals surface area contributed by atoms with Gasteiger partial charge in [-0.2, -0.15) is 0 Å². The number of fused-ring (bicyclic) bond motifs is 6. The molecule has 2 nitrogen and oxygen atoms in total. The molecule has 0 spiro atoms. The van der Waals surface area contributed by atoms with Gasteiger partial charge in [-0.1, -0.05) is 40.7 Å².